The Labute approximate surface area is 116 Å². The van der Waals surface area contributed by atoms with Gasteiger partial charge in [-0.1, -0.05) is 62.8 Å². The van der Waals surface area contributed by atoms with Gasteiger partial charge in [0.25, 0.3) is 0 Å². The topological polar surface area (TPSA) is 14.1 Å². The van der Waals surface area contributed by atoms with Crippen LogP contribution < -0.4 is 15.8 Å². The average Bonchev–Trinajstić information content (AvgIpc) is 2.83. The summed E-state index contributed by atoms with van der Waals surface area (Å²) in [5.41, 5.74) is 2.60. The van der Waals surface area contributed by atoms with Crippen molar-refractivity contribution < 1.29 is 0 Å². The van der Waals surface area contributed by atoms with Crippen molar-refractivity contribution >= 4 is 11.4 Å². The Bertz CT molecular complexity index is 545. The lowest BCUT2D eigenvalue weighted by Gasteiger charge is -2.17. The maximum Gasteiger partial charge on any atom is 0.0516 e. The molecular formula is C18H24N. The number of rotatable bonds is 1. The van der Waals surface area contributed by atoms with Gasteiger partial charge in [0.15, 0.2) is 0 Å². The van der Waals surface area contributed by atoms with Gasteiger partial charge in [0.05, 0.1) is 5.70 Å². The largest absolute Gasteiger partial charge is 0.257 e. The van der Waals surface area contributed by atoms with Crippen molar-refractivity contribution in [1.29, 1.82) is 0 Å². The standard InChI is InChI=1S/C18H24N/c1-14-16-12-8-9-13-17(16)18(19-14)15-10-6-4-2-3-5-7-11-15/h8-9,12-13,15H,2-7,10-11H2,1H3. The summed E-state index contributed by atoms with van der Waals surface area (Å²) in [4.78, 5) is 0. The summed E-state index contributed by atoms with van der Waals surface area (Å²) in [5.74, 6) is 0.691. The van der Waals surface area contributed by atoms with Crippen LogP contribution in [0.4, 0.5) is 0 Å². The monoisotopic (exact) mass is 254 g/mol. The Morgan fingerprint density at radius 2 is 1.42 bits per heavy atom. The molecule has 1 aliphatic carbocycles. The van der Waals surface area contributed by atoms with Crippen molar-refractivity contribution in [2.45, 2.75) is 58.3 Å². The van der Waals surface area contributed by atoms with Crippen molar-refractivity contribution in [1.82, 2.24) is 5.32 Å². The minimum atomic E-state index is 0.691. The molecule has 101 valence electrons. The Morgan fingerprint density at radius 3 is 2.11 bits per heavy atom. The van der Waals surface area contributed by atoms with Gasteiger partial charge in [-0.2, -0.15) is 0 Å². The number of fused-ring (bicyclic) bond motifs is 1. The molecule has 0 aromatic heterocycles. The molecule has 3 rings (SSSR count). The summed E-state index contributed by atoms with van der Waals surface area (Å²) in [5, 5.41) is 7.68. The maximum atomic E-state index is 4.92. The first-order valence-electron chi connectivity index (χ1n) is 7.88. The Balaban J connectivity index is 1.93. The minimum Gasteiger partial charge on any atom is -0.257 e. The van der Waals surface area contributed by atoms with E-state index in [1.54, 1.807) is 0 Å². The zero-order valence-corrected chi connectivity index (χ0v) is 12.0. The highest BCUT2D eigenvalue weighted by atomic mass is 14.9. The Kier molecular flexibility index (Phi) is 3.91. The zero-order chi connectivity index (χ0) is 13.1. The summed E-state index contributed by atoms with van der Waals surface area (Å²) in [6.45, 7) is 2.15. The fourth-order valence-corrected chi connectivity index (χ4v) is 3.54. The lowest BCUT2D eigenvalue weighted by molar-refractivity contribution is 0.511. The average molecular weight is 254 g/mol. The summed E-state index contributed by atoms with van der Waals surface area (Å²) >= 11 is 0. The van der Waals surface area contributed by atoms with Crippen LogP contribution >= 0.6 is 0 Å². The lowest BCUT2D eigenvalue weighted by atomic mass is 9.92. The Morgan fingerprint density at radius 1 is 0.842 bits per heavy atom. The van der Waals surface area contributed by atoms with Crippen LogP contribution in [0.1, 0.15) is 58.3 Å². The van der Waals surface area contributed by atoms with Crippen LogP contribution in [-0.4, -0.2) is 0 Å². The van der Waals surface area contributed by atoms with E-state index in [2.05, 4.69) is 31.2 Å². The van der Waals surface area contributed by atoms with E-state index in [0.717, 1.165) is 0 Å². The quantitative estimate of drug-likeness (QED) is 0.730. The molecule has 19 heavy (non-hydrogen) atoms. The molecule has 0 saturated heterocycles. The van der Waals surface area contributed by atoms with E-state index in [9.17, 15) is 0 Å². The molecule has 0 unspecified atom stereocenters. The third-order valence-electron chi connectivity index (χ3n) is 4.62. The van der Waals surface area contributed by atoms with Crippen LogP contribution in [0.5, 0.6) is 0 Å². The van der Waals surface area contributed by atoms with E-state index in [1.807, 2.05) is 0 Å². The second-order valence-corrected chi connectivity index (χ2v) is 6.02. The van der Waals surface area contributed by atoms with Gasteiger partial charge in [0, 0.05) is 22.1 Å². The summed E-state index contributed by atoms with van der Waals surface area (Å²) in [6, 6.07) is 8.76. The van der Waals surface area contributed by atoms with Gasteiger partial charge >= 0.3 is 0 Å². The van der Waals surface area contributed by atoms with Crippen molar-refractivity contribution in [3.05, 3.63) is 34.7 Å². The normalized spacial score (nSPS) is 21.3. The number of nitrogens with zero attached hydrogens (tertiary/aromatic N) is 1. The predicted molar refractivity (Wildman–Crippen MR) is 80.7 cm³/mol. The van der Waals surface area contributed by atoms with Gasteiger partial charge in [-0.25, -0.2) is 0 Å². The predicted octanol–water partition coefficient (Wildman–Crippen LogP) is 3.29. The van der Waals surface area contributed by atoms with Crippen LogP contribution in [0.3, 0.4) is 0 Å². The first-order valence-corrected chi connectivity index (χ1v) is 7.88. The van der Waals surface area contributed by atoms with Crippen LogP contribution in [0, 0.1) is 5.92 Å². The molecule has 2 aliphatic rings. The zero-order valence-electron chi connectivity index (χ0n) is 12.0. The fraction of sp³-hybridized carbons (Fsp3) is 0.556. The second kappa shape index (κ2) is 5.81. The van der Waals surface area contributed by atoms with Gasteiger partial charge in [-0.3, -0.25) is 5.32 Å². The third-order valence-corrected chi connectivity index (χ3v) is 4.62. The molecule has 0 N–H and O–H groups in total. The highest BCUT2D eigenvalue weighted by molar-refractivity contribution is 5.63. The van der Waals surface area contributed by atoms with Crippen LogP contribution in [-0.2, 0) is 0 Å². The third kappa shape index (κ3) is 2.70. The van der Waals surface area contributed by atoms with E-state index in [0.29, 0.717) is 5.92 Å². The molecule has 0 atom stereocenters. The molecule has 0 spiro atoms. The van der Waals surface area contributed by atoms with Crippen LogP contribution in [0.2, 0.25) is 0 Å². The molecule has 1 aromatic rings. The van der Waals surface area contributed by atoms with E-state index in [1.165, 1.54) is 73.2 Å². The number of hydrogen-bond acceptors (Lipinski definition) is 0. The lowest BCUT2D eigenvalue weighted by Crippen LogP contribution is -2.25. The van der Waals surface area contributed by atoms with E-state index in [-0.39, 0.29) is 0 Å². The van der Waals surface area contributed by atoms with Crippen LogP contribution in [0.25, 0.3) is 11.4 Å². The van der Waals surface area contributed by atoms with Gasteiger partial charge in [0.2, 0.25) is 0 Å². The molecule has 0 bridgehead atoms. The molecule has 1 radical (unpaired) electrons. The smallest absolute Gasteiger partial charge is 0.0516 e. The van der Waals surface area contributed by atoms with Crippen molar-refractivity contribution in [2.75, 3.05) is 0 Å². The van der Waals surface area contributed by atoms with E-state index >= 15 is 0 Å². The summed E-state index contributed by atoms with van der Waals surface area (Å²) in [7, 11) is 0. The molecule has 1 aromatic carbocycles. The molecule has 1 heteroatoms. The van der Waals surface area contributed by atoms with Crippen molar-refractivity contribution in [3.8, 4) is 0 Å². The molecule has 0 amide bonds. The number of hydrogen-bond donors (Lipinski definition) is 0. The van der Waals surface area contributed by atoms with Gasteiger partial charge in [0.1, 0.15) is 0 Å². The van der Waals surface area contributed by atoms with Gasteiger partial charge < -0.3 is 0 Å². The van der Waals surface area contributed by atoms with Crippen LogP contribution in [0.15, 0.2) is 24.3 Å². The number of benzene rings is 1. The Hall–Kier alpha value is -1.24. The summed E-state index contributed by atoms with van der Waals surface area (Å²) in [6.07, 6.45) is 11.1. The highest BCUT2D eigenvalue weighted by Crippen LogP contribution is 2.28. The molecule has 1 saturated carbocycles. The molecule has 1 heterocycles. The fourth-order valence-electron chi connectivity index (χ4n) is 3.54. The SMILES string of the molecule is CC1=c2ccccc2=C(C2CCCCCCCC2)[N]1. The van der Waals surface area contributed by atoms with Crippen molar-refractivity contribution in [2.24, 2.45) is 5.92 Å². The maximum absolute atomic E-state index is 4.92. The van der Waals surface area contributed by atoms with Gasteiger partial charge in [-0.15, -0.1) is 0 Å². The minimum absolute atomic E-state index is 0.691. The second-order valence-electron chi connectivity index (χ2n) is 6.02. The summed E-state index contributed by atoms with van der Waals surface area (Å²) < 4.78 is 0. The molecule has 1 fully saturated rings. The molecular weight excluding hydrogens is 230 g/mol. The van der Waals surface area contributed by atoms with Gasteiger partial charge in [-0.05, 0) is 19.8 Å². The molecule has 1 aliphatic heterocycles. The van der Waals surface area contributed by atoms with Crippen molar-refractivity contribution in [3.63, 3.8) is 0 Å². The highest BCUT2D eigenvalue weighted by Gasteiger charge is 2.21. The van der Waals surface area contributed by atoms with E-state index < -0.39 is 0 Å². The first kappa shape index (κ1) is 12.8. The molecule has 1 nitrogen and oxygen atoms in total. The first-order chi connectivity index (χ1) is 9.36. The van der Waals surface area contributed by atoms with E-state index in [4.69, 9.17) is 5.32 Å².